The van der Waals surface area contributed by atoms with Crippen LogP contribution >= 0.6 is 15.9 Å². The number of furan rings is 1. The monoisotopic (exact) mass is 468 g/mol. The predicted octanol–water partition coefficient (Wildman–Crippen LogP) is 4.56. The fraction of sp³-hybridized carbons (Fsp3) is 0.217. The van der Waals surface area contributed by atoms with Gasteiger partial charge in [0.2, 0.25) is 11.7 Å². The van der Waals surface area contributed by atoms with Crippen molar-refractivity contribution in [3.63, 3.8) is 0 Å². The average molecular weight is 469 g/mol. The number of hydrogen-bond donors (Lipinski definition) is 1. The Morgan fingerprint density at radius 3 is 2.70 bits per heavy atom. The molecule has 0 aliphatic carbocycles. The molecule has 3 atom stereocenters. The Labute approximate surface area is 181 Å². The summed E-state index contributed by atoms with van der Waals surface area (Å²) in [6, 6.07) is 15.0. The summed E-state index contributed by atoms with van der Waals surface area (Å²) >= 11 is 3.50. The van der Waals surface area contributed by atoms with E-state index in [4.69, 9.17) is 4.42 Å². The van der Waals surface area contributed by atoms with Crippen LogP contribution < -0.4 is 5.32 Å². The summed E-state index contributed by atoms with van der Waals surface area (Å²) in [6.07, 6.45) is 1.45. The summed E-state index contributed by atoms with van der Waals surface area (Å²) in [7, 11) is 1.85. The molecule has 152 valence electrons. The Hall–Kier alpha value is -2.77. The summed E-state index contributed by atoms with van der Waals surface area (Å²) in [4.78, 5) is 29.1. The van der Waals surface area contributed by atoms with E-state index in [1.807, 2.05) is 30.1 Å². The highest BCUT2D eigenvalue weighted by Gasteiger charge is 2.64. The van der Waals surface area contributed by atoms with E-state index in [-0.39, 0.29) is 29.2 Å². The molecular formula is C23H18BrFN2O3. The third-order valence-electron chi connectivity index (χ3n) is 6.26. The van der Waals surface area contributed by atoms with Gasteiger partial charge in [-0.2, -0.15) is 0 Å². The van der Waals surface area contributed by atoms with Crippen molar-refractivity contribution in [1.82, 2.24) is 4.90 Å². The van der Waals surface area contributed by atoms with Gasteiger partial charge in [-0.05, 0) is 55.1 Å². The second kappa shape index (κ2) is 6.89. The molecule has 3 unspecified atom stereocenters. The number of nitrogens with one attached hydrogen (secondary N) is 1. The normalized spacial score (nSPS) is 25.5. The van der Waals surface area contributed by atoms with Crippen LogP contribution in [0.4, 0.5) is 10.1 Å². The number of anilines is 1. The smallest absolute Gasteiger partial charge is 0.250 e. The molecular weight excluding hydrogens is 451 g/mol. The second-order valence-corrected chi connectivity index (χ2v) is 8.68. The summed E-state index contributed by atoms with van der Waals surface area (Å²) in [5.74, 6) is -1.69. The number of carbonyl (C=O) groups is 2. The minimum Gasteiger partial charge on any atom is -0.461 e. The first-order chi connectivity index (χ1) is 14.4. The molecule has 0 saturated carbocycles. The lowest BCUT2D eigenvalue weighted by molar-refractivity contribution is -0.126. The number of nitrogens with zero attached hydrogens (tertiary/aromatic N) is 1. The number of Topliss-reactive ketones (excluding diaryl/α,β-unsaturated/α-hetero) is 1. The van der Waals surface area contributed by atoms with Crippen LogP contribution in [0.2, 0.25) is 0 Å². The van der Waals surface area contributed by atoms with Crippen molar-refractivity contribution in [3.05, 3.63) is 88.0 Å². The Bertz CT molecular complexity index is 1150. The lowest BCUT2D eigenvalue weighted by Gasteiger charge is -2.35. The first-order valence-corrected chi connectivity index (χ1v) is 10.4. The zero-order valence-electron chi connectivity index (χ0n) is 16.1. The lowest BCUT2D eigenvalue weighted by Crippen LogP contribution is -2.51. The maximum Gasteiger partial charge on any atom is 0.250 e. The van der Waals surface area contributed by atoms with Gasteiger partial charge in [-0.15, -0.1) is 0 Å². The standard InChI is InChI=1S/C23H18BrFN2O3/c1-27-12-16(13-4-7-15(25)8-5-13)20(21(28)19-3-2-10-30-19)23(27)17-11-14(24)6-9-18(17)26-22(23)29/h2-11,16,20H,12H2,1H3,(H,26,29). The molecule has 5 nitrogen and oxygen atoms in total. The molecule has 1 N–H and O–H groups in total. The van der Waals surface area contributed by atoms with Crippen molar-refractivity contribution >= 4 is 33.3 Å². The molecule has 1 saturated heterocycles. The molecule has 0 bridgehead atoms. The first kappa shape index (κ1) is 19.2. The minimum absolute atomic E-state index is 0.207. The summed E-state index contributed by atoms with van der Waals surface area (Å²) in [5.41, 5.74) is 1.05. The van der Waals surface area contributed by atoms with E-state index in [9.17, 15) is 14.0 Å². The van der Waals surface area contributed by atoms with Crippen molar-refractivity contribution in [1.29, 1.82) is 0 Å². The van der Waals surface area contributed by atoms with Crippen LogP contribution in [0.3, 0.4) is 0 Å². The molecule has 1 fully saturated rings. The highest BCUT2D eigenvalue weighted by Crippen LogP contribution is 2.56. The topological polar surface area (TPSA) is 62.6 Å². The minimum atomic E-state index is -1.19. The Morgan fingerprint density at radius 2 is 2.00 bits per heavy atom. The molecule has 3 aromatic rings. The largest absolute Gasteiger partial charge is 0.461 e. The molecule has 1 aromatic heterocycles. The van der Waals surface area contributed by atoms with Crippen LogP contribution in [0, 0.1) is 11.7 Å². The van der Waals surface area contributed by atoms with Crippen molar-refractivity contribution in [2.75, 3.05) is 18.9 Å². The number of ketones is 1. The number of carbonyl (C=O) groups excluding carboxylic acids is 2. The summed E-state index contributed by atoms with van der Waals surface area (Å²) in [5, 5.41) is 2.95. The van der Waals surface area contributed by atoms with Gasteiger partial charge >= 0.3 is 0 Å². The van der Waals surface area contributed by atoms with Crippen LogP contribution in [-0.4, -0.2) is 30.2 Å². The van der Waals surface area contributed by atoms with E-state index in [2.05, 4.69) is 21.2 Å². The van der Waals surface area contributed by atoms with Gasteiger partial charge in [-0.3, -0.25) is 14.5 Å². The Kier molecular flexibility index (Phi) is 4.41. The van der Waals surface area contributed by atoms with Gasteiger partial charge in [0.1, 0.15) is 11.4 Å². The van der Waals surface area contributed by atoms with E-state index in [0.717, 1.165) is 15.6 Å². The summed E-state index contributed by atoms with van der Waals surface area (Å²) < 4.78 is 19.8. The molecule has 2 aromatic carbocycles. The van der Waals surface area contributed by atoms with Gasteiger partial charge in [0.15, 0.2) is 5.76 Å². The number of halogens is 2. The predicted molar refractivity (Wildman–Crippen MR) is 113 cm³/mol. The number of benzene rings is 2. The van der Waals surface area contributed by atoms with Crippen LogP contribution in [0.1, 0.15) is 27.6 Å². The third-order valence-corrected chi connectivity index (χ3v) is 6.75. The van der Waals surface area contributed by atoms with Gasteiger partial charge in [0, 0.05) is 28.2 Å². The van der Waals surface area contributed by atoms with Gasteiger partial charge in [0.05, 0.1) is 12.2 Å². The summed E-state index contributed by atoms with van der Waals surface area (Å²) in [6.45, 7) is 0.460. The zero-order valence-corrected chi connectivity index (χ0v) is 17.6. The number of rotatable bonds is 3. The van der Waals surface area contributed by atoms with Crippen molar-refractivity contribution in [2.45, 2.75) is 11.5 Å². The Morgan fingerprint density at radius 1 is 1.23 bits per heavy atom. The van der Waals surface area contributed by atoms with E-state index >= 15 is 0 Å². The highest BCUT2D eigenvalue weighted by atomic mass is 79.9. The molecule has 2 aliphatic heterocycles. The second-order valence-electron chi connectivity index (χ2n) is 7.77. The SMILES string of the molecule is CN1CC(c2ccc(F)cc2)C(C(=O)c2ccco2)C12C(=O)Nc1ccc(Br)cc12. The van der Waals surface area contributed by atoms with Crippen molar-refractivity contribution in [2.24, 2.45) is 5.92 Å². The van der Waals surface area contributed by atoms with E-state index < -0.39 is 11.5 Å². The fourth-order valence-electron chi connectivity index (χ4n) is 4.99. The van der Waals surface area contributed by atoms with Crippen LogP contribution in [0.15, 0.2) is 69.8 Å². The molecule has 7 heteroatoms. The molecule has 0 radical (unpaired) electrons. The zero-order chi connectivity index (χ0) is 21.0. The lowest BCUT2D eigenvalue weighted by atomic mass is 9.71. The maximum atomic E-state index is 13.7. The number of likely N-dealkylation sites (tertiary alicyclic amines) is 1. The number of likely N-dealkylation sites (N-methyl/N-ethyl adjacent to an activating group) is 1. The molecule has 5 rings (SSSR count). The van der Waals surface area contributed by atoms with E-state index in [0.29, 0.717) is 12.2 Å². The molecule has 3 heterocycles. The van der Waals surface area contributed by atoms with Gasteiger partial charge in [-0.25, -0.2) is 4.39 Å². The third kappa shape index (κ3) is 2.62. The van der Waals surface area contributed by atoms with E-state index in [1.54, 1.807) is 24.3 Å². The maximum absolute atomic E-state index is 13.7. The van der Waals surface area contributed by atoms with Gasteiger partial charge < -0.3 is 9.73 Å². The van der Waals surface area contributed by atoms with Crippen LogP contribution in [0.5, 0.6) is 0 Å². The first-order valence-electron chi connectivity index (χ1n) is 9.59. The molecule has 1 amide bonds. The molecule has 1 spiro atoms. The fourth-order valence-corrected chi connectivity index (χ4v) is 5.35. The van der Waals surface area contributed by atoms with Gasteiger partial charge in [0.25, 0.3) is 0 Å². The number of amides is 1. The average Bonchev–Trinajstić information content (AvgIpc) is 3.42. The van der Waals surface area contributed by atoms with E-state index in [1.165, 1.54) is 18.4 Å². The molecule has 2 aliphatic rings. The van der Waals surface area contributed by atoms with Crippen LogP contribution in [0.25, 0.3) is 0 Å². The number of hydrogen-bond acceptors (Lipinski definition) is 4. The van der Waals surface area contributed by atoms with Gasteiger partial charge in [-0.1, -0.05) is 28.1 Å². The molecule has 30 heavy (non-hydrogen) atoms. The van der Waals surface area contributed by atoms with Crippen LogP contribution in [-0.2, 0) is 10.3 Å². The Balaban J connectivity index is 1.74. The number of fused-ring (bicyclic) bond motifs is 2. The quantitative estimate of drug-likeness (QED) is 0.572. The van der Waals surface area contributed by atoms with Crippen molar-refractivity contribution < 1.29 is 18.4 Å². The van der Waals surface area contributed by atoms with Crippen molar-refractivity contribution in [3.8, 4) is 0 Å². The highest BCUT2D eigenvalue weighted by molar-refractivity contribution is 9.10.